The van der Waals surface area contributed by atoms with Gasteiger partial charge in [0.1, 0.15) is 0 Å². The zero-order chi connectivity index (χ0) is 14.3. The Kier molecular flexibility index (Phi) is 6.88. The fraction of sp³-hybridized carbons (Fsp3) is 0.769. The minimum absolute atomic E-state index is 0.302. The first kappa shape index (κ1) is 16.5. The molecule has 0 amide bonds. The summed E-state index contributed by atoms with van der Waals surface area (Å²) in [6, 6.07) is 0. The van der Waals surface area contributed by atoms with Crippen molar-refractivity contribution in [3.63, 3.8) is 0 Å². The molecule has 19 heavy (non-hydrogen) atoms. The van der Waals surface area contributed by atoms with Gasteiger partial charge in [-0.3, -0.25) is 0 Å². The predicted octanol–water partition coefficient (Wildman–Crippen LogP) is 0.732. The molecule has 1 heterocycles. The van der Waals surface area contributed by atoms with Gasteiger partial charge in [-0.1, -0.05) is 0 Å². The number of aryl methyl sites for hydroxylation is 1. The van der Waals surface area contributed by atoms with Crippen molar-refractivity contribution >= 4 is 11.3 Å². The summed E-state index contributed by atoms with van der Waals surface area (Å²) in [7, 11) is 0. The minimum atomic E-state index is -0.760. The first-order valence-electron chi connectivity index (χ1n) is 6.46. The average molecular weight is 288 g/mol. The lowest BCUT2D eigenvalue weighted by molar-refractivity contribution is 0.0315. The Morgan fingerprint density at radius 3 is 2.84 bits per heavy atom. The zero-order valence-corrected chi connectivity index (χ0v) is 12.7. The zero-order valence-electron chi connectivity index (χ0n) is 11.8. The number of hydrogen-bond donors (Lipinski definition) is 3. The Morgan fingerprint density at radius 1 is 1.53 bits per heavy atom. The van der Waals surface area contributed by atoms with Crippen LogP contribution < -0.4 is 5.32 Å². The topological polar surface area (TPSA) is 74.6 Å². The summed E-state index contributed by atoms with van der Waals surface area (Å²) in [6.07, 6.45) is 0.283. The van der Waals surface area contributed by atoms with Crippen molar-refractivity contribution in [1.29, 1.82) is 0 Å². The highest BCUT2D eigenvalue weighted by molar-refractivity contribution is 7.09. The molecule has 1 unspecified atom stereocenters. The summed E-state index contributed by atoms with van der Waals surface area (Å²) in [6.45, 7) is 7.19. The Bertz CT molecular complexity index is 363. The standard InChI is InChI=1S/C13H24N2O3S/c1-10-12(19-9-15-10)4-5-18-7-11(16)6-14-8-13(2,3)17/h9,11,14,16-17H,4-8H2,1-3H3. The smallest absolute Gasteiger partial charge is 0.0897 e. The van der Waals surface area contributed by atoms with Gasteiger partial charge >= 0.3 is 0 Å². The van der Waals surface area contributed by atoms with E-state index in [0.717, 1.165) is 12.1 Å². The molecule has 1 rings (SSSR count). The van der Waals surface area contributed by atoms with Crippen molar-refractivity contribution in [2.24, 2.45) is 0 Å². The summed E-state index contributed by atoms with van der Waals surface area (Å²) in [5.41, 5.74) is 2.13. The maximum atomic E-state index is 9.68. The van der Waals surface area contributed by atoms with Gasteiger partial charge in [-0.15, -0.1) is 11.3 Å². The Labute approximate surface area is 118 Å². The fourth-order valence-corrected chi connectivity index (χ4v) is 2.32. The van der Waals surface area contributed by atoms with Gasteiger partial charge in [0.15, 0.2) is 0 Å². The molecule has 6 heteroatoms. The molecule has 0 aliphatic rings. The van der Waals surface area contributed by atoms with E-state index >= 15 is 0 Å². The maximum absolute atomic E-state index is 9.68. The van der Waals surface area contributed by atoms with Gasteiger partial charge in [0.2, 0.25) is 0 Å². The Morgan fingerprint density at radius 2 is 2.26 bits per heavy atom. The number of hydrogen-bond acceptors (Lipinski definition) is 6. The lowest BCUT2D eigenvalue weighted by atomic mass is 10.1. The molecule has 3 N–H and O–H groups in total. The van der Waals surface area contributed by atoms with Crippen LogP contribution in [0.2, 0.25) is 0 Å². The van der Waals surface area contributed by atoms with Crippen LogP contribution in [-0.4, -0.2) is 53.2 Å². The van der Waals surface area contributed by atoms with Crippen LogP contribution >= 0.6 is 11.3 Å². The SMILES string of the molecule is Cc1ncsc1CCOCC(O)CNCC(C)(C)O. The van der Waals surface area contributed by atoms with Gasteiger partial charge in [-0.25, -0.2) is 4.98 Å². The van der Waals surface area contributed by atoms with Gasteiger partial charge in [0.25, 0.3) is 0 Å². The molecule has 0 fully saturated rings. The van der Waals surface area contributed by atoms with E-state index in [0.29, 0.717) is 26.3 Å². The largest absolute Gasteiger partial charge is 0.389 e. The van der Waals surface area contributed by atoms with E-state index in [1.807, 2.05) is 12.4 Å². The summed E-state index contributed by atoms with van der Waals surface area (Å²) in [4.78, 5) is 5.41. The van der Waals surface area contributed by atoms with Crippen LogP contribution in [0.25, 0.3) is 0 Å². The van der Waals surface area contributed by atoms with E-state index in [2.05, 4.69) is 10.3 Å². The summed E-state index contributed by atoms with van der Waals surface area (Å²) >= 11 is 1.63. The van der Waals surface area contributed by atoms with E-state index in [4.69, 9.17) is 4.74 Å². The molecule has 1 atom stereocenters. The van der Waals surface area contributed by atoms with E-state index < -0.39 is 11.7 Å². The van der Waals surface area contributed by atoms with Gasteiger partial charge in [-0.05, 0) is 20.8 Å². The number of nitrogens with zero attached hydrogens (tertiary/aromatic N) is 1. The fourth-order valence-electron chi connectivity index (χ4n) is 1.55. The number of nitrogens with one attached hydrogen (secondary N) is 1. The molecule has 0 aromatic carbocycles. The molecular weight excluding hydrogens is 264 g/mol. The monoisotopic (exact) mass is 288 g/mol. The average Bonchev–Trinajstić information content (AvgIpc) is 2.69. The third-order valence-corrected chi connectivity index (χ3v) is 3.56. The van der Waals surface area contributed by atoms with E-state index in [-0.39, 0.29) is 0 Å². The summed E-state index contributed by atoms with van der Waals surface area (Å²) < 4.78 is 5.43. The first-order valence-corrected chi connectivity index (χ1v) is 7.34. The van der Waals surface area contributed by atoms with Crippen LogP contribution in [-0.2, 0) is 11.2 Å². The molecule has 0 bridgehead atoms. The number of rotatable bonds is 9. The highest BCUT2D eigenvalue weighted by Gasteiger charge is 2.12. The molecule has 5 nitrogen and oxygen atoms in total. The number of aliphatic hydroxyl groups excluding tert-OH is 1. The minimum Gasteiger partial charge on any atom is -0.389 e. The van der Waals surface area contributed by atoms with Gasteiger partial charge in [0, 0.05) is 24.4 Å². The third-order valence-electron chi connectivity index (χ3n) is 2.57. The molecule has 110 valence electrons. The van der Waals surface area contributed by atoms with Crippen molar-refractivity contribution in [2.45, 2.75) is 38.9 Å². The van der Waals surface area contributed by atoms with Crippen LogP contribution in [0.1, 0.15) is 24.4 Å². The van der Waals surface area contributed by atoms with Crippen molar-refractivity contribution < 1.29 is 14.9 Å². The van der Waals surface area contributed by atoms with Gasteiger partial charge in [-0.2, -0.15) is 0 Å². The second-order valence-electron chi connectivity index (χ2n) is 5.28. The van der Waals surface area contributed by atoms with E-state index in [9.17, 15) is 10.2 Å². The summed E-state index contributed by atoms with van der Waals surface area (Å²) in [5.74, 6) is 0. The molecular formula is C13H24N2O3S. The van der Waals surface area contributed by atoms with Crippen LogP contribution in [0.5, 0.6) is 0 Å². The van der Waals surface area contributed by atoms with Crippen molar-refractivity contribution in [1.82, 2.24) is 10.3 Å². The highest BCUT2D eigenvalue weighted by Crippen LogP contribution is 2.12. The number of thiazole rings is 1. The van der Waals surface area contributed by atoms with Crippen LogP contribution in [0.15, 0.2) is 5.51 Å². The quantitative estimate of drug-likeness (QED) is 0.584. The molecule has 0 saturated carbocycles. The Hall–Kier alpha value is -0.530. The maximum Gasteiger partial charge on any atom is 0.0897 e. The van der Waals surface area contributed by atoms with E-state index in [1.54, 1.807) is 25.2 Å². The number of ether oxygens (including phenoxy) is 1. The van der Waals surface area contributed by atoms with E-state index in [1.165, 1.54) is 4.88 Å². The van der Waals surface area contributed by atoms with Crippen molar-refractivity contribution in [2.75, 3.05) is 26.3 Å². The van der Waals surface area contributed by atoms with Crippen LogP contribution in [0.3, 0.4) is 0 Å². The molecule has 0 radical (unpaired) electrons. The lowest BCUT2D eigenvalue weighted by Gasteiger charge is -2.19. The van der Waals surface area contributed by atoms with Gasteiger partial charge < -0.3 is 20.3 Å². The van der Waals surface area contributed by atoms with Crippen molar-refractivity contribution in [3.05, 3.63) is 16.1 Å². The van der Waals surface area contributed by atoms with Crippen LogP contribution in [0, 0.1) is 6.92 Å². The predicted molar refractivity (Wildman–Crippen MR) is 76.5 cm³/mol. The third kappa shape index (κ3) is 7.59. The second-order valence-corrected chi connectivity index (χ2v) is 6.22. The van der Waals surface area contributed by atoms with Crippen LogP contribution in [0.4, 0.5) is 0 Å². The second kappa shape index (κ2) is 7.91. The first-order chi connectivity index (χ1) is 8.88. The molecule has 0 aliphatic heterocycles. The molecule has 0 spiro atoms. The van der Waals surface area contributed by atoms with Gasteiger partial charge in [0.05, 0.1) is 36.1 Å². The summed E-state index contributed by atoms with van der Waals surface area (Å²) in [5, 5.41) is 22.2. The highest BCUT2D eigenvalue weighted by atomic mass is 32.1. The molecule has 0 aliphatic carbocycles. The number of aliphatic hydroxyl groups is 2. The lowest BCUT2D eigenvalue weighted by Crippen LogP contribution is -2.39. The normalized spacial score (nSPS) is 13.7. The molecule has 1 aromatic rings. The van der Waals surface area contributed by atoms with Crippen molar-refractivity contribution in [3.8, 4) is 0 Å². The molecule has 0 saturated heterocycles. The molecule has 1 aromatic heterocycles. The Balaban J connectivity index is 2.04. The number of aromatic nitrogens is 1.